The van der Waals surface area contributed by atoms with Crippen LogP contribution in [0.2, 0.25) is 0 Å². The Labute approximate surface area is 132 Å². The van der Waals surface area contributed by atoms with Crippen LogP contribution >= 0.6 is 27.3 Å². The minimum atomic E-state index is 0.455. The van der Waals surface area contributed by atoms with Gasteiger partial charge in [0.2, 0.25) is 0 Å². The molecule has 20 heavy (non-hydrogen) atoms. The molecule has 1 N–H and O–H groups in total. The zero-order valence-electron chi connectivity index (χ0n) is 11.9. The average Bonchev–Trinajstić information content (AvgIpc) is 2.82. The summed E-state index contributed by atoms with van der Waals surface area (Å²) in [5, 5.41) is 14.0. The molecule has 2 heterocycles. The molecule has 0 atom stereocenters. The summed E-state index contributed by atoms with van der Waals surface area (Å²) in [7, 11) is 2.03. The molecule has 0 aliphatic rings. The number of nitrogens with zero attached hydrogens (tertiary/aromatic N) is 3. The minimum absolute atomic E-state index is 0.455. The van der Waals surface area contributed by atoms with Gasteiger partial charge >= 0.3 is 0 Å². The van der Waals surface area contributed by atoms with Gasteiger partial charge in [-0.1, -0.05) is 13.8 Å². The van der Waals surface area contributed by atoms with Crippen molar-refractivity contribution < 1.29 is 0 Å². The first kappa shape index (κ1) is 15.4. The second-order valence-corrected chi connectivity index (χ2v) is 6.92. The molecule has 2 aromatic heterocycles. The van der Waals surface area contributed by atoms with E-state index in [1.54, 1.807) is 11.3 Å². The number of halogens is 1. The third-order valence-corrected chi connectivity index (χ3v) is 4.49. The summed E-state index contributed by atoms with van der Waals surface area (Å²) in [4.78, 5) is 3.40. The topological polar surface area (TPSA) is 41.0 Å². The molecular formula is C14H19BrN4S. The zero-order valence-corrected chi connectivity index (χ0v) is 14.3. The lowest BCUT2D eigenvalue weighted by molar-refractivity contribution is 0.577. The molecule has 0 unspecified atom stereocenters. The van der Waals surface area contributed by atoms with Crippen molar-refractivity contribution in [2.24, 2.45) is 0 Å². The van der Waals surface area contributed by atoms with Gasteiger partial charge in [0.25, 0.3) is 0 Å². The Balaban J connectivity index is 1.94. The summed E-state index contributed by atoms with van der Waals surface area (Å²) in [6.45, 7) is 5.84. The first-order valence-electron chi connectivity index (χ1n) is 6.54. The highest BCUT2D eigenvalue weighted by molar-refractivity contribution is 9.10. The summed E-state index contributed by atoms with van der Waals surface area (Å²) in [6, 6.07) is 6.64. The molecule has 0 aromatic carbocycles. The number of hydrogen-bond acceptors (Lipinski definition) is 5. The van der Waals surface area contributed by atoms with Crippen LogP contribution in [-0.2, 0) is 13.1 Å². The van der Waals surface area contributed by atoms with Crippen molar-refractivity contribution in [1.82, 2.24) is 15.5 Å². The van der Waals surface area contributed by atoms with Crippen molar-refractivity contribution in [1.29, 1.82) is 0 Å². The van der Waals surface area contributed by atoms with Crippen LogP contribution in [-0.4, -0.2) is 23.3 Å². The van der Waals surface area contributed by atoms with Crippen LogP contribution in [0.15, 0.2) is 28.1 Å². The van der Waals surface area contributed by atoms with E-state index >= 15 is 0 Å². The van der Waals surface area contributed by atoms with Gasteiger partial charge in [-0.15, -0.1) is 16.4 Å². The van der Waals surface area contributed by atoms with E-state index in [4.69, 9.17) is 0 Å². The Morgan fingerprint density at radius 3 is 2.70 bits per heavy atom. The van der Waals surface area contributed by atoms with Crippen molar-refractivity contribution in [2.45, 2.75) is 33.0 Å². The molecule has 0 aliphatic carbocycles. The van der Waals surface area contributed by atoms with Crippen LogP contribution in [0.25, 0.3) is 0 Å². The Hall–Kier alpha value is -0.980. The number of hydrogen-bond donors (Lipinski definition) is 1. The van der Waals surface area contributed by atoms with Crippen molar-refractivity contribution >= 4 is 33.1 Å². The van der Waals surface area contributed by atoms with Crippen LogP contribution < -0.4 is 10.2 Å². The highest BCUT2D eigenvalue weighted by Crippen LogP contribution is 2.22. The van der Waals surface area contributed by atoms with Crippen molar-refractivity contribution in [2.75, 3.05) is 11.9 Å². The number of aromatic nitrogens is 2. The Kier molecular flexibility index (Phi) is 5.51. The van der Waals surface area contributed by atoms with Gasteiger partial charge in [0.15, 0.2) is 5.82 Å². The van der Waals surface area contributed by atoms with Crippen LogP contribution in [0.1, 0.15) is 24.4 Å². The van der Waals surface area contributed by atoms with Crippen molar-refractivity contribution in [3.8, 4) is 0 Å². The first-order chi connectivity index (χ1) is 9.54. The van der Waals surface area contributed by atoms with E-state index in [0.29, 0.717) is 6.04 Å². The van der Waals surface area contributed by atoms with Gasteiger partial charge in [-0.25, -0.2) is 0 Å². The van der Waals surface area contributed by atoms with E-state index in [-0.39, 0.29) is 0 Å². The molecular weight excluding hydrogens is 336 g/mol. The van der Waals surface area contributed by atoms with Gasteiger partial charge in [-0.2, -0.15) is 5.10 Å². The van der Waals surface area contributed by atoms with E-state index in [1.807, 2.05) is 19.2 Å². The van der Waals surface area contributed by atoms with E-state index in [9.17, 15) is 0 Å². The van der Waals surface area contributed by atoms with Gasteiger partial charge in [-0.05, 0) is 34.1 Å². The normalized spacial score (nSPS) is 11.1. The molecule has 0 saturated carbocycles. The largest absolute Gasteiger partial charge is 0.353 e. The van der Waals surface area contributed by atoms with Gasteiger partial charge in [0.1, 0.15) is 0 Å². The first-order valence-corrected chi connectivity index (χ1v) is 8.22. The predicted molar refractivity (Wildman–Crippen MR) is 88.1 cm³/mol. The van der Waals surface area contributed by atoms with Gasteiger partial charge in [0.05, 0.1) is 12.2 Å². The Bertz CT molecular complexity index is 538. The summed E-state index contributed by atoms with van der Waals surface area (Å²) in [5.74, 6) is 0.891. The standard InChI is InChI=1S/C14H19BrN4S/c1-10(2)16-7-12-4-5-14(18-17-12)19(3)8-13-6-11(15)9-20-13/h4-6,9-10,16H,7-8H2,1-3H3. The smallest absolute Gasteiger partial charge is 0.151 e. The lowest BCUT2D eigenvalue weighted by Gasteiger charge is -2.16. The molecule has 0 bridgehead atoms. The third-order valence-electron chi connectivity index (χ3n) is 2.80. The lowest BCUT2D eigenvalue weighted by atomic mass is 10.3. The highest BCUT2D eigenvalue weighted by Gasteiger charge is 2.06. The Morgan fingerprint density at radius 2 is 2.15 bits per heavy atom. The van der Waals surface area contributed by atoms with E-state index in [2.05, 4.69) is 61.6 Å². The van der Waals surface area contributed by atoms with Gasteiger partial charge < -0.3 is 10.2 Å². The molecule has 6 heteroatoms. The minimum Gasteiger partial charge on any atom is -0.353 e. The maximum atomic E-state index is 4.29. The van der Waals surface area contributed by atoms with Gasteiger partial charge in [0, 0.05) is 34.4 Å². The number of rotatable bonds is 6. The highest BCUT2D eigenvalue weighted by atomic mass is 79.9. The van der Waals surface area contributed by atoms with Crippen molar-refractivity contribution in [3.05, 3.63) is 38.6 Å². The third kappa shape index (κ3) is 4.54. The van der Waals surface area contributed by atoms with Crippen LogP contribution in [0.4, 0.5) is 5.82 Å². The van der Waals surface area contributed by atoms with Crippen LogP contribution in [0.5, 0.6) is 0 Å². The molecule has 4 nitrogen and oxygen atoms in total. The SMILES string of the molecule is CC(C)NCc1ccc(N(C)Cc2cc(Br)cs2)nn1. The molecule has 0 radical (unpaired) electrons. The van der Waals surface area contributed by atoms with Gasteiger partial charge in [-0.3, -0.25) is 0 Å². The molecule has 0 saturated heterocycles. The van der Waals surface area contributed by atoms with E-state index in [0.717, 1.165) is 29.1 Å². The second kappa shape index (κ2) is 7.15. The molecule has 0 spiro atoms. The number of nitrogens with one attached hydrogen (secondary N) is 1. The lowest BCUT2D eigenvalue weighted by Crippen LogP contribution is -2.23. The average molecular weight is 355 g/mol. The molecule has 0 fully saturated rings. The summed E-state index contributed by atoms with van der Waals surface area (Å²) < 4.78 is 1.13. The number of anilines is 1. The molecule has 108 valence electrons. The predicted octanol–water partition coefficient (Wildman–Crippen LogP) is 3.44. The molecule has 2 aromatic rings. The summed E-state index contributed by atoms with van der Waals surface area (Å²) in [6.07, 6.45) is 0. The van der Waals surface area contributed by atoms with Crippen LogP contribution in [0.3, 0.4) is 0 Å². The van der Waals surface area contributed by atoms with E-state index in [1.165, 1.54) is 4.88 Å². The van der Waals surface area contributed by atoms with Crippen molar-refractivity contribution in [3.63, 3.8) is 0 Å². The van der Waals surface area contributed by atoms with E-state index < -0.39 is 0 Å². The summed E-state index contributed by atoms with van der Waals surface area (Å²) in [5.41, 5.74) is 0.967. The fraction of sp³-hybridized carbons (Fsp3) is 0.429. The van der Waals surface area contributed by atoms with Crippen LogP contribution in [0, 0.1) is 0 Å². The monoisotopic (exact) mass is 354 g/mol. The zero-order chi connectivity index (χ0) is 14.5. The fourth-order valence-electron chi connectivity index (χ4n) is 1.71. The maximum Gasteiger partial charge on any atom is 0.151 e. The Morgan fingerprint density at radius 1 is 1.35 bits per heavy atom. The fourth-order valence-corrected chi connectivity index (χ4v) is 3.21. The maximum absolute atomic E-state index is 4.29. The molecule has 0 aliphatic heterocycles. The molecule has 2 rings (SSSR count). The second-order valence-electron chi connectivity index (χ2n) is 5.01. The molecule has 0 amide bonds. The summed E-state index contributed by atoms with van der Waals surface area (Å²) >= 11 is 5.21. The number of thiophene rings is 1. The quantitative estimate of drug-likeness (QED) is 0.862.